The summed E-state index contributed by atoms with van der Waals surface area (Å²) in [6.45, 7) is 2.88. The Morgan fingerprint density at radius 3 is 2.67 bits per heavy atom. The summed E-state index contributed by atoms with van der Waals surface area (Å²) in [4.78, 5) is 0. The van der Waals surface area contributed by atoms with E-state index >= 15 is 0 Å². The molecule has 21 heavy (non-hydrogen) atoms. The van der Waals surface area contributed by atoms with Crippen LogP contribution in [0.4, 0.5) is 4.39 Å². The zero-order chi connectivity index (χ0) is 15.3. The van der Waals surface area contributed by atoms with Crippen molar-refractivity contribution in [2.24, 2.45) is 17.1 Å². The number of halogens is 2. The molecule has 1 aliphatic carbocycles. The van der Waals surface area contributed by atoms with Gasteiger partial charge in [-0.1, -0.05) is 49.9 Å². The van der Waals surface area contributed by atoms with Gasteiger partial charge in [-0.15, -0.1) is 0 Å². The van der Waals surface area contributed by atoms with Gasteiger partial charge >= 0.3 is 0 Å². The van der Waals surface area contributed by atoms with Gasteiger partial charge in [-0.25, -0.2) is 4.39 Å². The molecule has 1 aromatic rings. The largest absolute Gasteiger partial charge is 0.330 e. The van der Waals surface area contributed by atoms with Crippen molar-refractivity contribution in [3.8, 4) is 0 Å². The molecule has 0 aliphatic heterocycles. The molecule has 0 heterocycles. The third-order valence-corrected chi connectivity index (χ3v) is 5.45. The van der Waals surface area contributed by atoms with Crippen LogP contribution in [-0.4, -0.2) is 6.54 Å². The number of benzene rings is 1. The topological polar surface area (TPSA) is 26.0 Å². The van der Waals surface area contributed by atoms with Gasteiger partial charge in [0.05, 0.1) is 5.02 Å². The first-order chi connectivity index (χ1) is 10.1. The average Bonchev–Trinajstić information content (AvgIpc) is 2.51. The first-order valence-electron chi connectivity index (χ1n) is 8.23. The number of hydrogen-bond acceptors (Lipinski definition) is 1. The van der Waals surface area contributed by atoms with Crippen molar-refractivity contribution in [2.75, 3.05) is 6.54 Å². The predicted octanol–water partition coefficient (Wildman–Crippen LogP) is 5.35. The van der Waals surface area contributed by atoms with Crippen LogP contribution in [0.1, 0.15) is 57.4 Å². The smallest absolute Gasteiger partial charge is 0.144 e. The van der Waals surface area contributed by atoms with Crippen molar-refractivity contribution in [1.29, 1.82) is 0 Å². The number of hydrogen-bond donors (Lipinski definition) is 1. The normalized spacial score (nSPS) is 26.0. The molecule has 0 saturated heterocycles. The maximum Gasteiger partial charge on any atom is 0.144 e. The minimum Gasteiger partial charge on any atom is -0.330 e. The van der Waals surface area contributed by atoms with Crippen LogP contribution in [0.5, 0.6) is 0 Å². The molecule has 0 unspecified atom stereocenters. The van der Waals surface area contributed by atoms with Gasteiger partial charge < -0.3 is 5.73 Å². The Kier molecular flexibility index (Phi) is 6.07. The first-order valence-corrected chi connectivity index (χ1v) is 8.61. The third kappa shape index (κ3) is 4.20. The van der Waals surface area contributed by atoms with Gasteiger partial charge in [0, 0.05) is 0 Å². The monoisotopic (exact) mass is 311 g/mol. The van der Waals surface area contributed by atoms with Gasteiger partial charge in [0.15, 0.2) is 0 Å². The zero-order valence-electron chi connectivity index (χ0n) is 13.0. The lowest BCUT2D eigenvalue weighted by atomic mass is 9.66. The van der Waals surface area contributed by atoms with Gasteiger partial charge in [0.1, 0.15) is 5.82 Å². The van der Waals surface area contributed by atoms with Gasteiger partial charge in [-0.2, -0.15) is 0 Å². The lowest BCUT2D eigenvalue weighted by Crippen LogP contribution is -2.37. The lowest BCUT2D eigenvalue weighted by Gasteiger charge is -2.40. The van der Waals surface area contributed by atoms with Crippen LogP contribution in [0.25, 0.3) is 0 Å². The van der Waals surface area contributed by atoms with Crippen molar-refractivity contribution >= 4 is 11.6 Å². The van der Waals surface area contributed by atoms with Crippen LogP contribution in [0.2, 0.25) is 5.02 Å². The summed E-state index contributed by atoms with van der Waals surface area (Å²) in [6, 6.07) is 5.29. The van der Waals surface area contributed by atoms with Gasteiger partial charge in [-0.3, -0.25) is 0 Å². The molecule has 118 valence electrons. The molecule has 1 fully saturated rings. The molecule has 1 nitrogen and oxygen atoms in total. The molecule has 1 aromatic carbocycles. The minimum absolute atomic E-state index is 0.0637. The van der Waals surface area contributed by atoms with E-state index in [1.54, 1.807) is 6.07 Å². The summed E-state index contributed by atoms with van der Waals surface area (Å²) >= 11 is 5.89. The molecule has 0 aromatic heterocycles. The molecule has 3 heteroatoms. The number of nitrogens with two attached hydrogens (primary N) is 1. The van der Waals surface area contributed by atoms with E-state index in [-0.39, 0.29) is 16.3 Å². The highest BCUT2D eigenvalue weighted by Crippen LogP contribution is 2.42. The van der Waals surface area contributed by atoms with E-state index in [2.05, 4.69) is 6.92 Å². The SMILES string of the molecule is CCCCC1CCC(CN)(Cc2cccc(Cl)c2F)CC1. The van der Waals surface area contributed by atoms with Crippen molar-refractivity contribution in [3.63, 3.8) is 0 Å². The Hall–Kier alpha value is -0.600. The molecule has 0 amide bonds. The second kappa shape index (κ2) is 7.60. The highest BCUT2D eigenvalue weighted by Gasteiger charge is 2.34. The second-order valence-electron chi connectivity index (χ2n) is 6.68. The quantitative estimate of drug-likeness (QED) is 0.753. The van der Waals surface area contributed by atoms with Crippen LogP contribution in [0.15, 0.2) is 18.2 Å². The Morgan fingerprint density at radius 2 is 2.05 bits per heavy atom. The highest BCUT2D eigenvalue weighted by molar-refractivity contribution is 6.30. The summed E-state index contributed by atoms with van der Waals surface area (Å²) in [5, 5.41) is 0.219. The minimum atomic E-state index is -0.264. The third-order valence-electron chi connectivity index (χ3n) is 5.16. The van der Waals surface area contributed by atoms with Gasteiger partial charge in [-0.05, 0) is 61.6 Å². The Balaban J connectivity index is 2.01. The standard InChI is InChI=1S/C18H27ClFN/c1-2-3-5-14-8-10-18(13-21,11-9-14)12-15-6-4-7-16(19)17(15)20/h4,6-7,14H,2-3,5,8-13,21H2,1H3. The molecular weight excluding hydrogens is 285 g/mol. The Labute approximate surface area is 133 Å². The summed E-state index contributed by atoms with van der Waals surface area (Å²) in [6.07, 6.45) is 9.35. The summed E-state index contributed by atoms with van der Waals surface area (Å²) in [5.74, 6) is 0.578. The van der Waals surface area contributed by atoms with E-state index in [0.29, 0.717) is 6.54 Å². The van der Waals surface area contributed by atoms with E-state index < -0.39 is 0 Å². The van der Waals surface area contributed by atoms with E-state index in [1.165, 1.54) is 32.1 Å². The fraction of sp³-hybridized carbons (Fsp3) is 0.667. The number of unbranched alkanes of at least 4 members (excludes halogenated alkanes) is 1. The van der Waals surface area contributed by atoms with Crippen molar-refractivity contribution in [3.05, 3.63) is 34.6 Å². The van der Waals surface area contributed by atoms with Crippen molar-refractivity contribution < 1.29 is 4.39 Å². The van der Waals surface area contributed by atoms with Crippen molar-refractivity contribution in [2.45, 2.75) is 58.3 Å². The fourth-order valence-corrected chi connectivity index (χ4v) is 3.81. The molecule has 2 N–H and O–H groups in total. The maximum absolute atomic E-state index is 14.1. The molecule has 1 saturated carbocycles. The Bertz CT molecular complexity index is 453. The fourth-order valence-electron chi connectivity index (χ4n) is 3.61. The van der Waals surface area contributed by atoms with Gasteiger partial charge in [0.2, 0.25) is 0 Å². The van der Waals surface area contributed by atoms with Crippen LogP contribution in [-0.2, 0) is 6.42 Å². The van der Waals surface area contributed by atoms with E-state index in [4.69, 9.17) is 17.3 Å². The molecule has 0 atom stereocenters. The lowest BCUT2D eigenvalue weighted by molar-refractivity contribution is 0.148. The van der Waals surface area contributed by atoms with E-state index in [1.807, 2.05) is 12.1 Å². The van der Waals surface area contributed by atoms with Gasteiger partial charge in [0.25, 0.3) is 0 Å². The zero-order valence-corrected chi connectivity index (χ0v) is 13.8. The predicted molar refractivity (Wildman–Crippen MR) is 88.1 cm³/mol. The Morgan fingerprint density at radius 1 is 1.33 bits per heavy atom. The second-order valence-corrected chi connectivity index (χ2v) is 7.09. The van der Waals surface area contributed by atoms with E-state index in [9.17, 15) is 4.39 Å². The first kappa shape index (κ1) is 16.8. The van der Waals surface area contributed by atoms with Crippen LogP contribution in [0.3, 0.4) is 0 Å². The van der Waals surface area contributed by atoms with Crippen LogP contribution in [0, 0.1) is 17.2 Å². The molecular formula is C18H27ClFN. The molecule has 2 rings (SSSR count). The average molecular weight is 312 g/mol. The molecule has 0 radical (unpaired) electrons. The summed E-state index contributed by atoms with van der Waals surface area (Å²) in [7, 11) is 0. The van der Waals surface area contributed by atoms with E-state index in [0.717, 1.165) is 30.7 Å². The number of rotatable bonds is 6. The molecule has 1 aliphatic rings. The highest BCUT2D eigenvalue weighted by atomic mass is 35.5. The molecule has 0 spiro atoms. The molecule has 0 bridgehead atoms. The summed E-state index contributed by atoms with van der Waals surface area (Å²) < 4.78 is 14.1. The van der Waals surface area contributed by atoms with Crippen LogP contribution < -0.4 is 5.73 Å². The maximum atomic E-state index is 14.1. The van der Waals surface area contributed by atoms with Crippen molar-refractivity contribution in [1.82, 2.24) is 0 Å². The summed E-state index contributed by atoms with van der Waals surface area (Å²) in [5.41, 5.74) is 6.85. The van der Waals surface area contributed by atoms with Crippen LogP contribution >= 0.6 is 11.6 Å².